The van der Waals surface area contributed by atoms with Gasteiger partial charge in [0.25, 0.3) is 0 Å². The van der Waals surface area contributed by atoms with Gasteiger partial charge in [-0.1, -0.05) is 12.1 Å². The van der Waals surface area contributed by atoms with Crippen molar-refractivity contribution in [1.29, 1.82) is 0 Å². The summed E-state index contributed by atoms with van der Waals surface area (Å²) in [6.45, 7) is 1.92. The predicted octanol–water partition coefficient (Wildman–Crippen LogP) is -0.754. The molecule has 0 spiro atoms. The highest BCUT2D eigenvalue weighted by atomic mass is 16.6. The van der Waals surface area contributed by atoms with Gasteiger partial charge in [0, 0.05) is 32.1 Å². The zero-order valence-electron chi connectivity index (χ0n) is 14.9. The van der Waals surface area contributed by atoms with Gasteiger partial charge in [-0.15, -0.1) is 0 Å². The zero-order chi connectivity index (χ0) is 18.5. The first-order chi connectivity index (χ1) is 12.6. The number of methoxy groups -OCH3 is 1. The number of ether oxygens (including phenoxy) is 2. The fraction of sp³-hybridized carbons (Fsp3) is 0.611. The zero-order valence-corrected chi connectivity index (χ0v) is 14.9. The van der Waals surface area contributed by atoms with Gasteiger partial charge < -0.3 is 35.6 Å². The van der Waals surface area contributed by atoms with E-state index < -0.39 is 24.4 Å². The number of benzene rings is 1. The molecule has 0 aromatic heterocycles. The summed E-state index contributed by atoms with van der Waals surface area (Å²) in [4.78, 5) is 12.1. The molecule has 5 atom stereocenters. The van der Waals surface area contributed by atoms with E-state index >= 15 is 0 Å². The molecule has 0 unspecified atom stereocenters. The van der Waals surface area contributed by atoms with Gasteiger partial charge in [0.15, 0.2) is 0 Å². The molecule has 2 heterocycles. The van der Waals surface area contributed by atoms with Gasteiger partial charge >= 0.3 is 6.09 Å². The molecule has 1 aromatic carbocycles. The first kappa shape index (κ1) is 18.9. The molecule has 2 fully saturated rings. The second kappa shape index (κ2) is 8.68. The van der Waals surface area contributed by atoms with Crippen LogP contribution in [0.1, 0.15) is 5.56 Å². The first-order valence-corrected chi connectivity index (χ1v) is 8.94. The van der Waals surface area contributed by atoms with Crippen molar-refractivity contribution < 1.29 is 24.5 Å². The highest BCUT2D eigenvalue weighted by Crippen LogP contribution is 2.19. The van der Waals surface area contributed by atoms with Crippen LogP contribution in [0, 0.1) is 5.92 Å². The summed E-state index contributed by atoms with van der Waals surface area (Å²) in [5.74, 6) is 0.758. The number of amides is 1. The van der Waals surface area contributed by atoms with E-state index in [9.17, 15) is 15.0 Å². The minimum absolute atomic E-state index is 0.0238. The Bertz CT molecular complexity index is 597. The maximum absolute atomic E-state index is 12.1. The molecule has 2 aliphatic heterocycles. The van der Waals surface area contributed by atoms with Crippen LogP contribution in [0.25, 0.3) is 0 Å². The van der Waals surface area contributed by atoms with Crippen molar-refractivity contribution >= 4 is 6.09 Å². The molecule has 5 N–H and O–H groups in total. The lowest BCUT2D eigenvalue weighted by atomic mass is 10.0. The van der Waals surface area contributed by atoms with Crippen molar-refractivity contribution in [2.24, 2.45) is 5.92 Å². The molecule has 0 bridgehead atoms. The van der Waals surface area contributed by atoms with E-state index in [1.54, 1.807) is 7.11 Å². The predicted molar refractivity (Wildman–Crippen MR) is 95.1 cm³/mol. The molecular formula is C18H27N3O5. The van der Waals surface area contributed by atoms with Crippen LogP contribution >= 0.6 is 0 Å². The van der Waals surface area contributed by atoms with Crippen LogP contribution in [0.5, 0.6) is 5.75 Å². The Kier molecular flexibility index (Phi) is 6.31. The summed E-state index contributed by atoms with van der Waals surface area (Å²) < 4.78 is 10.6. The largest absolute Gasteiger partial charge is 0.497 e. The lowest BCUT2D eigenvalue weighted by Crippen LogP contribution is -2.43. The number of β-amino-alcohol motifs (C(OH)–C–C–N with tert-alkyl or cyclic N) is 2. The van der Waals surface area contributed by atoms with Crippen LogP contribution in [0.15, 0.2) is 24.3 Å². The minimum atomic E-state index is -0.747. The first-order valence-electron chi connectivity index (χ1n) is 8.94. The Balaban J connectivity index is 1.51. The van der Waals surface area contributed by atoms with Crippen LogP contribution in [0.4, 0.5) is 4.79 Å². The normalized spacial score (nSPS) is 31.0. The molecule has 3 rings (SSSR count). The molecule has 0 saturated carbocycles. The van der Waals surface area contributed by atoms with Crippen molar-refractivity contribution in [2.45, 2.75) is 30.8 Å². The van der Waals surface area contributed by atoms with Gasteiger partial charge in [-0.2, -0.15) is 0 Å². The molecular weight excluding hydrogens is 338 g/mol. The molecule has 8 nitrogen and oxygen atoms in total. The lowest BCUT2D eigenvalue weighted by Gasteiger charge is -2.23. The molecule has 26 heavy (non-hydrogen) atoms. The van der Waals surface area contributed by atoms with Crippen LogP contribution in [0.3, 0.4) is 0 Å². The Labute approximate surface area is 152 Å². The number of aliphatic hydroxyl groups excluding tert-OH is 2. The van der Waals surface area contributed by atoms with Crippen LogP contribution in [0.2, 0.25) is 0 Å². The van der Waals surface area contributed by atoms with E-state index in [0.717, 1.165) is 11.3 Å². The number of hydrogen-bond donors (Lipinski definition) is 5. The Morgan fingerprint density at radius 1 is 1.19 bits per heavy atom. The molecule has 0 radical (unpaired) electrons. The van der Waals surface area contributed by atoms with E-state index in [2.05, 4.69) is 16.0 Å². The van der Waals surface area contributed by atoms with Crippen molar-refractivity contribution in [2.75, 3.05) is 33.3 Å². The average Bonchev–Trinajstić information content (AvgIpc) is 3.20. The molecule has 8 heteroatoms. The smallest absolute Gasteiger partial charge is 0.407 e. The van der Waals surface area contributed by atoms with Crippen LogP contribution in [-0.4, -0.2) is 73.9 Å². The quantitative estimate of drug-likeness (QED) is 0.451. The summed E-state index contributed by atoms with van der Waals surface area (Å²) >= 11 is 0. The highest BCUT2D eigenvalue weighted by molar-refractivity contribution is 5.67. The molecule has 1 amide bonds. The van der Waals surface area contributed by atoms with Crippen LogP contribution < -0.4 is 20.7 Å². The van der Waals surface area contributed by atoms with Crippen molar-refractivity contribution in [1.82, 2.24) is 16.0 Å². The number of alkyl carbamates (subject to hydrolysis) is 1. The van der Waals surface area contributed by atoms with Crippen molar-refractivity contribution in [3.8, 4) is 5.75 Å². The maximum atomic E-state index is 12.1. The van der Waals surface area contributed by atoms with Gasteiger partial charge in [0.2, 0.25) is 0 Å². The molecule has 0 aliphatic carbocycles. The monoisotopic (exact) mass is 365 g/mol. The maximum Gasteiger partial charge on any atom is 0.407 e. The van der Waals surface area contributed by atoms with E-state index in [4.69, 9.17) is 9.47 Å². The highest BCUT2D eigenvalue weighted by Gasteiger charge is 2.38. The van der Waals surface area contributed by atoms with E-state index in [-0.39, 0.29) is 12.0 Å². The average molecular weight is 365 g/mol. The fourth-order valence-electron chi connectivity index (χ4n) is 3.44. The van der Waals surface area contributed by atoms with Gasteiger partial charge in [-0.3, -0.25) is 0 Å². The summed E-state index contributed by atoms with van der Waals surface area (Å²) in [5.41, 5.74) is 1.06. The number of nitrogens with one attached hydrogen (secondary N) is 3. The van der Waals surface area contributed by atoms with Crippen LogP contribution in [-0.2, 0) is 11.2 Å². The third-order valence-electron chi connectivity index (χ3n) is 5.04. The number of hydrogen-bond acceptors (Lipinski definition) is 7. The fourth-order valence-corrected chi connectivity index (χ4v) is 3.44. The third kappa shape index (κ3) is 4.64. The summed E-state index contributed by atoms with van der Waals surface area (Å²) in [6.07, 6.45) is -1.77. The third-order valence-corrected chi connectivity index (χ3v) is 5.04. The number of carbonyl (C=O) groups excluding carboxylic acids is 1. The Morgan fingerprint density at radius 3 is 2.62 bits per heavy atom. The topological polar surface area (TPSA) is 112 Å². The summed E-state index contributed by atoms with van der Waals surface area (Å²) in [7, 11) is 1.62. The Hall–Kier alpha value is -1.87. The molecule has 144 valence electrons. The van der Waals surface area contributed by atoms with Gasteiger partial charge in [0.05, 0.1) is 19.3 Å². The van der Waals surface area contributed by atoms with Crippen molar-refractivity contribution in [3.05, 3.63) is 29.8 Å². The van der Waals surface area contributed by atoms with Crippen molar-refractivity contribution in [3.63, 3.8) is 0 Å². The van der Waals surface area contributed by atoms with E-state index in [0.29, 0.717) is 32.6 Å². The Morgan fingerprint density at radius 2 is 1.96 bits per heavy atom. The van der Waals surface area contributed by atoms with E-state index in [1.165, 1.54) is 0 Å². The summed E-state index contributed by atoms with van der Waals surface area (Å²) in [6, 6.07) is 7.50. The number of carbonyl (C=O) groups is 1. The second-order valence-corrected chi connectivity index (χ2v) is 6.87. The number of aliphatic hydroxyl groups is 2. The number of rotatable bonds is 6. The van der Waals surface area contributed by atoms with Gasteiger partial charge in [-0.25, -0.2) is 4.79 Å². The standard InChI is InChI=1S/C18H27N3O5/c1-25-13-4-2-11(3-5-13)6-14-17(16(23)10-20-14)26-18(24)21-8-12-7-19-9-15(12)22/h2-5,12,14-17,19-20,22-23H,6-10H2,1H3,(H,21,24)/t12-,14+,15-,16-,17-/m0/s1. The molecule has 2 aliphatic rings. The van der Waals surface area contributed by atoms with Gasteiger partial charge in [0.1, 0.15) is 18.0 Å². The second-order valence-electron chi connectivity index (χ2n) is 6.87. The van der Waals surface area contributed by atoms with E-state index in [1.807, 2.05) is 24.3 Å². The summed E-state index contributed by atoms with van der Waals surface area (Å²) in [5, 5.41) is 28.9. The minimum Gasteiger partial charge on any atom is -0.497 e. The van der Waals surface area contributed by atoms with Gasteiger partial charge in [-0.05, 0) is 24.1 Å². The SMILES string of the molecule is COc1ccc(C[C@H]2NC[C@H](O)[C@H]2OC(=O)NC[C@@H]2CNC[C@@H]2O)cc1. The molecule has 2 saturated heterocycles. The lowest BCUT2D eigenvalue weighted by molar-refractivity contribution is 0.0180. The molecule has 1 aromatic rings.